The number of fused-ring (bicyclic) bond motifs is 1. The van der Waals surface area contributed by atoms with Crippen molar-refractivity contribution in [3.63, 3.8) is 0 Å². The zero-order chi connectivity index (χ0) is 22.0. The SMILES string of the molecule is C[C@H]1CCCC[C@@H]1NC(=O)CN1C[C@@]2(CCC(=O)N(C)CC2)Oc2ccccc2C1=O. The van der Waals surface area contributed by atoms with E-state index in [9.17, 15) is 14.4 Å². The van der Waals surface area contributed by atoms with Crippen LogP contribution < -0.4 is 10.1 Å². The van der Waals surface area contributed by atoms with E-state index in [4.69, 9.17) is 4.74 Å². The quantitative estimate of drug-likeness (QED) is 0.804. The number of rotatable bonds is 3. The molecule has 168 valence electrons. The summed E-state index contributed by atoms with van der Waals surface area (Å²) in [4.78, 5) is 41.9. The predicted octanol–water partition coefficient (Wildman–Crippen LogP) is 2.60. The van der Waals surface area contributed by atoms with E-state index in [1.165, 1.54) is 6.42 Å². The molecule has 1 aliphatic carbocycles. The average Bonchev–Trinajstić information content (AvgIpc) is 2.96. The molecule has 0 bridgehead atoms. The van der Waals surface area contributed by atoms with Crippen LogP contribution in [0.3, 0.4) is 0 Å². The summed E-state index contributed by atoms with van der Waals surface area (Å²) in [5.74, 6) is 0.760. The summed E-state index contributed by atoms with van der Waals surface area (Å²) in [5, 5.41) is 3.16. The molecule has 1 saturated carbocycles. The molecule has 0 radical (unpaired) electrons. The lowest BCUT2D eigenvalue weighted by atomic mass is 9.86. The molecule has 7 heteroatoms. The van der Waals surface area contributed by atoms with Crippen LogP contribution in [-0.4, -0.2) is 65.8 Å². The van der Waals surface area contributed by atoms with Gasteiger partial charge < -0.3 is 19.9 Å². The first-order valence-corrected chi connectivity index (χ1v) is 11.5. The van der Waals surface area contributed by atoms with E-state index in [1.54, 1.807) is 29.0 Å². The summed E-state index contributed by atoms with van der Waals surface area (Å²) in [7, 11) is 1.80. The number of nitrogens with one attached hydrogen (secondary N) is 1. The molecule has 1 spiro atoms. The number of benzene rings is 1. The van der Waals surface area contributed by atoms with Crippen molar-refractivity contribution in [3.05, 3.63) is 29.8 Å². The van der Waals surface area contributed by atoms with Crippen LogP contribution in [-0.2, 0) is 9.59 Å². The summed E-state index contributed by atoms with van der Waals surface area (Å²) < 4.78 is 6.44. The largest absolute Gasteiger partial charge is 0.485 e. The van der Waals surface area contributed by atoms with Gasteiger partial charge in [-0.2, -0.15) is 0 Å². The molecule has 1 aromatic rings. The Morgan fingerprint density at radius 1 is 1.19 bits per heavy atom. The van der Waals surface area contributed by atoms with Gasteiger partial charge in [-0.1, -0.05) is 31.9 Å². The lowest BCUT2D eigenvalue weighted by molar-refractivity contribution is -0.129. The zero-order valence-electron chi connectivity index (χ0n) is 18.6. The first-order valence-electron chi connectivity index (χ1n) is 11.5. The van der Waals surface area contributed by atoms with Crippen LogP contribution in [0, 0.1) is 5.92 Å². The second-order valence-electron chi connectivity index (χ2n) is 9.44. The first-order chi connectivity index (χ1) is 14.9. The van der Waals surface area contributed by atoms with Crippen molar-refractivity contribution >= 4 is 17.7 Å². The maximum Gasteiger partial charge on any atom is 0.258 e. The fourth-order valence-corrected chi connectivity index (χ4v) is 5.08. The summed E-state index contributed by atoms with van der Waals surface area (Å²) in [6.45, 7) is 3.05. The molecule has 1 aromatic carbocycles. The van der Waals surface area contributed by atoms with Gasteiger partial charge in [0.2, 0.25) is 11.8 Å². The van der Waals surface area contributed by atoms with Crippen LogP contribution in [0.15, 0.2) is 24.3 Å². The Bertz CT molecular complexity index is 857. The Labute approximate surface area is 184 Å². The third kappa shape index (κ3) is 4.70. The number of nitrogens with zero attached hydrogens (tertiary/aromatic N) is 2. The van der Waals surface area contributed by atoms with Crippen LogP contribution in [0.1, 0.15) is 62.2 Å². The fourth-order valence-electron chi connectivity index (χ4n) is 5.08. The molecule has 0 aromatic heterocycles. The minimum atomic E-state index is -0.679. The lowest BCUT2D eigenvalue weighted by Gasteiger charge is -2.35. The van der Waals surface area contributed by atoms with Gasteiger partial charge in [-0.05, 0) is 37.3 Å². The van der Waals surface area contributed by atoms with Gasteiger partial charge in [0.25, 0.3) is 5.91 Å². The molecular weight excluding hydrogens is 394 g/mol. The van der Waals surface area contributed by atoms with E-state index in [-0.39, 0.29) is 30.3 Å². The Hall–Kier alpha value is -2.57. The van der Waals surface area contributed by atoms with Crippen molar-refractivity contribution in [1.29, 1.82) is 0 Å². The van der Waals surface area contributed by atoms with E-state index in [0.29, 0.717) is 49.6 Å². The van der Waals surface area contributed by atoms with E-state index in [0.717, 1.165) is 19.3 Å². The van der Waals surface area contributed by atoms with Crippen LogP contribution in [0.25, 0.3) is 0 Å². The van der Waals surface area contributed by atoms with E-state index >= 15 is 0 Å². The number of ether oxygens (including phenoxy) is 1. The molecule has 7 nitrogen and oxygen atoms in total. The number of amides is 3. The van der Waals surface area contributed by atoms with Gasteiger partial charge >= 0.3 is 0 Å². The summed E-state index contributed by atoms with van der Waals surface area (Å²) in [6.07, 6.45) is 5.97. The molecule has 3 atom stereocenters. The van der Waals surface area contributed by atoms with Gasteiger partial charge in [0.1, 0.15) is 17.9 Å². The molecule has 1 saturated heterocycles. The van der Waals surface area contributed by atoms with E-state index in [2.05, 4.69) is 12.2 Å². The highest BCUT2D eigenvalue weighted by Crippen LogP contribution is 2.35. The smallest absolute Gasteiger partial charge is 0.258 e. The maximum atomic E-state index is 13.4. The Kier molecular flexibility index (Phi) is 6.21. The molecule has 2 heterocycles. The van der Waals surface area contributed by atoms with E-state index in [1.807, 2.05) is 12.1 Å². The zero-order valence-corrected chi connectivity index (χ0v) is 18.6. The third-order valence-electron chi connectivity index (χ3n) is 7.13. The minimum Gasteiger partial charge on any atom is -0.485 e. The molecule has 2 fully saturated rings. The number of para-hydroxylation sites is 1. The molecule has 31 heavy (non-hydrogen) atoms. The Balaban J connectivity index is 1.56. The summed E-state index contributed by atoms with van der Waals surface area (Å²) in [6, 6.07) is 7.38. The molecule has 0 unspecified atom stereocenters. The number of likely N-dealkylation sites (tertiary alicyclic amines) is 1. The van der Waals surface area contributed by atoms with Crippen molar-refractivity contribution in [1.82, 2.24) is 15.1 Å². The van der Waals surface area contributed by atoms with Crippen molar-refractivity contribution < 1.29 is 19.1 Å². The molecule has 3 aliphatic rings. The first kappa shape index (κ1) is 21.7. The molecule has 2 aliphatic heterocycles. The van der Waals surface area contributed by atoms with Crippen LogP contribution in [0.4, 0.5) is 0 Å². The number of carbonyl (C=O) groups excluding carboxylic acids is 3. The Morgan fingerprint density at radius 2 is 1.97 bits per heavy atom. The highest BCUT2D eigenvalue weighted by Gasteiger charge is 2.43. The average molecular weight is 428 g/mol. The molecule has 3 amide bonds. The molecule has 4 rings (SSSR count). The van der Waals surface area contributed by atoms with Crippen LogP contribution in [0.2, 0.25) is 0 Å². The van der Waals surface area contributed by atoms with Crippen LogP contribution in [0.5, 0.6) is 5.75 Å². The van der Waals surface area contributed by atoms with Crippen molar-refractivity contribution in [2.24, 2.45) is 5.92 Å². The third-order valence-corrected chi connectivity index (χ3v) is 7.13. The van der Waals surface area contributed by atoms with Crippen molar-refractivity contribution in [3.8, 4) is 5.75 Å². The fraction of sp³-hybridized carbons (Fsp3) is 0.625. The normalized spacial score (nSPS) is 29.1. The number of hydrogen-bond acceptors (Lipinski definition) is 4. The van der Waals surface area contributed by atoms with Crippen molar-refractivity contribution in [2.45, 2.75) is 63.5 Å². The van der Waals surface area contributed by atoms with Gasteiger partial charge in [0, 0.05) is 32.5 Å². The monoisotopic (exact) mass is 427 g/mol. The van der Waals surface area contributed by atoms with Gasteiger partial charge in [-0.15, -0.1) is 0 Å². The van der Waals surface area contributed by atoms with Crippen LogP contribution >= 0.6 is 0 Å². The standard InChI is InChI=1S/C24H33N3O4/c1-17-7-3-5-9-19(17)25-21(28)15-27-16-24(12-11-22(29)26(2)14-13-24)31-20-10-6-4-8-18(20)23(27)30/h4,6,8,10,17,19H,3,5,7,9,11-16H2,1-2H3,(H,25,28)/t17-,19-,24-/m0/s1. The van der Waals surface area contributed by atoms with Gasteiger partial charge in [0.05, 0.1) is 12.1 Å². The predicted molar refractivity (Wildman–Crippen MR) is 117 cm³/mol. The van der Waals surface area contributed by atoms with Gasteiger partial charge in [0.15, 0.2) is 0 Å². The second-order valence-corrected chi connectivity index (χ2v) is 9.44. The van der Waals surface area contributed by atoms with Gasteiger partial charge in [-0.25, -0.2) is 0 Å². The van der Waals surface area contributed by atoms with Crippen molar-refractivity contribution in [2.75, 3.05) is 26.7 Å². The minimum absolute atomic E-state index is 0.00524. The van der Waals surface area contributed by atoms with Gasteiger partial charge in [-0.3, -0.25) is 14.4 Å². The second kappa shape index (κ2) is 8.89. The summed E-state index contributed by atoms with van der Waals surface area (Å²) >= 11 is 0. The Morgan fingerprint density at radius 3 is 2.77 bits per heavy atom. The number of hydrogen-bond donors (Lipinski definition) is 1. The molecular formula is C24H33N3O4. The topological polar surface area (TPSA) is 79.0 Å². The highest BCUT2D eigenvalue weighted by atomic mass is 16.5. The summed E-state index contributed by atoms with van der Waals surface area (Å²) in [5.41, 5.74) is -0.205. The highest BCUT2D eigenvalue weighted by molar-refractivity contribution is 5.99. The lowest BCUT2D eigenvalue weighted by Crippen LogP contribution is -2.52. The maximum absolute atomic E-state index is 13.4. The molecule has 1 N–H and O–H groups in total. The van der Waals surface area contributed by atoms with E-state index < -0.39 is 5.60 Å². The number of carbonyl (C=O) groups is 3.